The quantitative estimate of drug-likeness (QED) is 0.172. The molecule has 2 heterocycles. The first-order valence-corrected chi connectivity index (χ1v) is 26.5. The monoisotopic (exact) mass is 955 g/mol. The van der Waals surface area contributed by atoms with Crippen LogP contribution in [-0.4, -0.2) is 6.04 Å². The largest absolute Gasteiger partial charge is 0.455 e. The third kappa shape index (κ3) is 5.68. The Morgan fingerprint density at radius 1 is 0.459 bits per heavy atom. The summed E-state index contributed by atoms with van der Waals surface area (Å²) in [7, 11) is 0. The number of furan rings is 2. The predicted molar refractivity (Wildman–Crippen MR) is 309 cm³/mol. The Labute approximate surface area is 433 Å². The molecule has 0 saturated heterocycles. The van der Waals surface area contributed by atoms with Crippen LogP contribution in [0.4, 0.5) is 11.4 Å². The van der Waals surface area contributed by atoms with Crippen LogP contribution in [0.15, 0.2) is 196 Å². The Morgan fingerprint density at radius 2 is 1.05 bits per heavy atom. The highest BCUT2D eigenvalue weighted by atomic mass is 16.3. The highest BCUT2D eigenvalue weighted by Crippen LogP contribution is 2.64. The second-order valence-electron chi connectivity index (χ2n) is 23.2. The SMILES string of the molecule is Cc1cccc(C)c1N(c1ccc2c(c1)C(C)(C)c1c3c(c4oc5ccccc5c4c1-2)-c1ccccc1C3(C)C)C1C=C2C(=CC1)c1c(cc(-c3cccc(-c4ccccc4)c3)c3oc4ccccc4c13)C2(C)C. The molecule has 3 heteroatoms. The van der Waals surface area contributed by atoms with Crippen molar-refractivity contribution in [3.63, 3.8) is 0 Å². The molecule has 358 valence electrons. The number of hydrogen-bond donors (Lipinski definition) is 0. The standard InChI is InChI=1S/C71H57NO2/c1-40-20-18-21-41(2)66(40)72(46-33-35-49-55(38-46)71(7,8)64-60(49)62-51-28-14-17-31-58(51)74-68(62)63-47-26-12-15-29-53(47)70(5,6)65(63)64)45-32-34-48-54(37-45)69(3,4)56-39-52(44-25-19-24-43(36-44)42-22-10-9-11-23-42)67-61(59(48)56)50-27-13-16-30-57(50)73-67/h9-31,33-39,45H,32H2,1-8H3. The zero-order valence-corrected chi connectivity index (χ0v) is 43.4. The number of allylic oxidation sites excluding steroid dienone is 2. The van der Waals surface area contributed by atoms with Crippen LogP contribution in [0.1, 0.15) is 92.5 Å². The lowest BCUT2D eigenvalue weighted by Gasteiger charge is -2.38. The highest BCUT2D eigenvalue weighted by Gasteiger charge is 2.49. The number of fused-ring (bicyclic) bond motifs is 19. The Bertz CT molecular complexity index is 4320. The molecule has 3 nitrogen and oxygen atoms in total. The molecule has 4 aliphatic carbocycles. The van der Waals surface area contributed by atoms with E-state index in [-0.39, 0.29) is 22.3 Å². The van der Waals surface area contributed by atoms with Crippen molar-refractivity contribution in [2.75, 3.05) is 4.90 Å². The molecule has 0 radical (unpaired) electrons. The van der Waals surface area contributed by atoms with Gasteiger partial charge in [0.25, 0.3) is 0 Å². The van der Waals surface area contributed by atoms with Gasteiger partial charge in [0.15, 0.2) is 0 Å². The molecule has 9 aromatic carbocycles. The van der Waals surface area contributed by atoms with E-state index >= 15 is 0 Å². The van der Waals surface area contributed by atoms with Crippen molar-refractivity contribution in [3.05, 3.63) is 232 Å². The van der Waals surface area contributed by atoms with Gasteiger partial charge in [-0.15, -0.1) is 0 Å². The maximum Gasteiger partial charge on any atom is 0.144 e. The molecule has 0 spiro atoms. The Balaban J connectivity index is 0.917. The fraction of sp³-hybridized carbons (Fsp3) is 0.183. The number of nitrogens with zero attached hydrogens (tertiary/aromatic N) is 1. The van der Waals surface area contributed by atoms with Crippen molar-refractivity contribution in [3.8, 4) is 44.5 Å². The average molecular weight is 956 g/mol. The van der Waals surface area contributed by atoms with E-state index in [0.29, 0.717) is 0 Å². The number of para-hydroxylation sites is 3. The molecular formula is C71H57NO2. The number of benzene rings is 9. The van der Waals surface area contributed by atoms with E-state index in [2.05, 4.69) is 242 Å². The highest BCUT2D eigenvalue weighted by molar-refractivity contribution is 6.21. The van der Waals surface area contributed by atoms with Crippen LogP contribution in [0.2, 0.25) is 0 Å². The van der Waals surface area contributed by atoms with Crippen molar-refractivity contribution < 1.29 is 8.83 Å². The van der Waals surface area contributed by atoms with Gasteiger partial charge in [0.05, 0.1) is 6.04 Å². The van der Waals surface area contributed by atoms with Crippen molar-refractivity contribution in [2.24, 2.45) is 0 Å². The summed E-state index contributed by atoms with van der Waals surface area (Å²) in [6.45, 7) is 19.2. The van der Waals surface area contributed by atoms with Gasteiger partial charge in [-0.05, 0) is 146 Å². The van der Waals surface area contributed by atoms with Gasteiger partial charge in [-0.3, -0.25) is 0 Å². The minimum atomic E-state index is -0.312. The first kappa shape index (κ1) is 43.4. The van der Waals surface area contributed by atoms with Gasteiger partial charge in [0, 0.05) is 60.3 Å². The number of hydrogen-bond acceptors (Lipinski definition) is 3. The Hall–Kier alpha value is -8.14. The van der Waals surface area contributed by atoms with E-state index in [1.165, 1.54) is 117 Å². The summed E-state index contributed by atoms with van der Waals surface area (Å²) in [4.78, 5) is 2.68. The second kappa shape index (κ2) is 15.0. The third-order valence-electron chi connectivity index (χ3n) is 17.9. The van der Waals surface area contributed by atoms with Gasteiger partial charge >= 0.3 is 0 Å². The molecule has 0 N–H and O–H groups in total. The van der Waals surface area contributed by atoms with Crippen LogP contribution >= 0.6 is 0 Å². The molecule has 15 rings (SSSR count). The number of rotatable bonds is 5. The van der Waals surface area contributed by atoms with E-state index in [1.54, 1.807) is 0 Å². The van der Waals surface area contributed by atoms with Gasteiger partial charge in [-0.1, -0.05) is 187 Å². The normalized spacial score (nSPS) is 17.2. The van der Waals surface area contributed by atoms with E-state index in [9.17, 15) is 0 Å². The summed E-state index contributed by atoms with van der Waals surface area (Å²) >= 11 is 0. The van der Waals surface area contributed by atoms with Gasteiger partial charge in [0.1, 0.15) is 22.3 Å². The van der Waals surface area contributed by atoms with Crippen LogP contribution in [0.3, 0.4) is 0 Å². The van der Waals surface area contributed by atoms with Crippen LogP contribution in [0, 0.1) is 13.8 Å². The lowest BCUT2D eigenvalue weighted by molar-refractivity contribution is 0.600. The van der Waals surface area contributed by atoms with Gasteiger partial charge in [0.2, 0.25) is 0 Å². The molecule has 1 atom stereocenters. The first-order chi connectivity index (χ1) is 35.8. The molecule has 11 aromatic rings. The summed E-state index contributed by atoms with van der Waals surface area (Å²) in [6.07, 6.45) is 6.04. The third-order valence-corrected chi connectivity index (χ3v) is 17.9. The fourth-order valence-corrected chi connectivity index (χ4v) is 14.5. The zero-order valence-electron chi connectivity index (χ0n) is 43.4. The lowest BCUT2D eigenvalue weighted by atomic mass is 9.72. The average Bonchev–Trinajstić information content (AvgIpc) is 4.36. The summed E-state index contributed by atoms with van der Waals surface area (Å²) < 4.78 is 14.0. The van der Waals surface area contributed by atoms with Crippen molar-refractivity contribution in [2.45, 2.75) is 84.1 Å². The van der Waals surface area contributed by atoms with Crippen LogP contribution in [0.25, 0.3) is 94.0 Å². The molecule has 4 aliphatic rings. The summed E-state index contributed by atoms with van der Waals surface area (Å²) in [5.74, 6) is 0. The van der Waals surface area contributed by atoms with Crippen molar-refractivity contribution in [1.82, 2.24) is 0 Å². The van der Waals surface area contributed by atoms with E-state index in [0.717, 1.165) is 45.3 Å². The molecule has 0 amide bonds. The molecule has 1 unspecified atom stereocenters. The summed E-state index contributed by atoms with van der Waals surface area (Å²) in [6, 6.07) is 62.7. The second-order valence-corrected chi connectivity index (χ2v) is 23.2. The molecule has 0 fully saturated rings. The minimum absolute atomic E-state index is 0.0490. The maximum atomic E-state index is 7.02. The van der Waals surface area contributed by atoms with Crippen LogP contribution in [-0.2, 0) is 16.2 Å². The molecule has 0 aliphatic heterocycles. The first-order valence-electron chi connectivity index (χ1n) is 26.5. The maximum absolute atomic E-state index is 7.02. The van der Waals surface area contributed by atoms with E-state index in [1.807, 2.05) is 0 Å². The summed E-state index contributed by atoms with van der Waals surface area (Å²) in [5, 5.41) is 4.79. The van der Waals surface area contributed by atoms with E-state index < -0.39 is 0 Å². The van der Waals surface area contributed by atoms with Crippen LogP contribution < -0.4 is 4.90 Å². The molecular weight excluding hydrogens is 899 g/mol. The summed E-state index contributed by atoms with van der Waals surface area (Å²) in [5.41, 5.74) is 28.8. The Morgan fingerprint density at radius 3 is 1.81 bits per heavy atom. The van der Waals surface area contributed by atoms with Crippen LogP contribution in [0.5, 0.6) is 0 Å². The van der Waals surface area contributed by atoms with Gasteiger partial charge in [-0.2, -0.15) is 0 Å². The predicted octanol–water partition coefficient (Wildman–Crippen LogP) is 19.3. The van der Waals surface area contributed by atoms with Crippen molar-refractivity contribution >= 4 is 60.8 Å². The van der Waals surface area contributed by atoms with Gasteiger partial charge < -0.3 is 13.7 Å². The topological polar surface area (TPSA) is 29.5 Å². The molecule has 0 saturated carbocycles. The zero-order chi connectivity index (χ0) is 50.2. The Kier molecular flexibility index (Phi) is 8.80. The minimum Gasteiger partial charge on any atom is -0.455 e. The smallest absolute Gasteiger partial charge is 0.144 e. The fourth-order valence-electron chi connectivity index (χ4n) is 14.5. The molecule has 74 heavy (non-hydrogen) atoms. The number of anilines is 2. The lowest BCUT2D eigenvalue weighted by Crippen LogP contribution is -2.33. The molecule has 0 bridgehead atoms. The van der Waals surface area contributed by atoms with Gasteiger partial charge in [-0.25, -0.2) is 0 Å². The number of aryl methyl sites for hydroxylation is 2. The molecule has 2 aromatic heterocycles. The van der Waals surface area contributed by atoms with Crippen molar-refractivity contribution in [1.29, 1.82) is 0 Å². The van der Waals surface area contributed by atoms with E-state index in [4.69, 9.17) is 8.83 Å².